The smallest absolute Gasteiger partial charge is 0.303 e. The van der Waals surface area contributed by atoms with Gasteiger partial charge in [0.25, 0.3) is 0 Å². The molecule has 0 bridgehead atoms. The number of rotatable bonds is 10. The maximum absolute atomic E-state index is 12.6. The maximum atomic E-state index is 12.6. The van der Waals surface area contributed by atoms with Crippen molar-refractivity contribution in [2.75, 3.05) is 13.7 Å². The van der Waals surface area contributed by atoms with Gasteiger partial charge in [-0.3, -0.25) is 19.2 Å². The molecule has 1 aliphatic heterocycles. The highest BCUT2D eigenvalue weighted by molar-refractivity contribution is 9.10. The molecule has 5 atom stereocenters. The molecule has 0 aromatic heterocycles. The van der Waals surface area contributed by atoms with E-state index in [1.165, 1.54) is 19.2 Å². The quantitative estimate of drug-likeness (QED) is 0.297. The molecule has 1 N–H and O–H groups in total. The summed E-state index contributed by atoms with van der Waals surface area (Å²) in [6, 6.07) is 10.9. The number of methoxy groups -OCH3 is 1. The van der Waals surface area contributed by atoms with E-state index in [1.807, 2.05) is 31.2 Å². The number of aliphatic hydroxyl groups is 1. The molecule has 2 aromatic rings. The lowest BCUT2D eigenvalue weighted by Gasteiger charge is -2.49. The standard InChI is InChI=1S/C30H35BrO11/c1-7-20-8-10-21(11-9-20)12-22-13-23(25(37-6)14-24(22)31)30(36)29(41-19(5)35)28(40-18(4)34)27(39-17(3)33)26(42-30)15-38-16(2)32/h8-11,13-14,26-29,36H,7,12,15H2,1-6H3/t26-,27-,28+,29-,30?/m1/s1/i2D,3D,4D,5D. The Bertz CT molecular complexity index is 1390. The summed E-state index contributed by atoms with van der Waals surface area (Å²) >= 11 is 3.52. The zero-order valence-corrected chi connectivity index (χ0v) is 24.7. The largest absolute Gasteiger partial charge is 0.496 e. The summed E-state index contributed by atoms with van der Waals surface area (Å²) in [7, 11) is 1.30. The number of benzene rings is 2. The molecule has 12 heteroatoms. The minimum Gasteiger partial charge on any atom is -0.496 e. The third kappa shape index (κ3) is 7.87. The van der Waals surface area contributed by atoms with Crippen LogP contribution in [0.2, 0.25) is 0 Å². The Labute approximate surface area is 258 Å². The van der Waals surface area contributed by atoms with Crippen molar-refractivity contribution in [3.05, 3.63) is 63.1 Å². The van der Waals surface area contributed by atoms with Crippen molar-refractivity contribution in [2.24, 2.45) is 0 Å². The number of hydrogen-bond acceptors (Lipinski definition) is 11. The van der Waals surface area contributed by atoms with Gasteiger partial charge in [0.2, 0.25) is 11.9 Å². The highest BCUT2D eigenvalue weighted by Gasteiger charge is 2.61. The number of halogens is 1. The van der Waals surface area contributed by atoms with Crippen molar-refractivity contribution in [3.8, 4) is 5.75 Å². The molecule has 1 aliphatic rings. The predicted octanol–water partition coefficient (Wildman–Crippen LogP) is 3.51. The highest BCUT2D eigenvalue weighted by atomic mass is 79.9. The second kappa shape index (κ2) is 14.1. The molecule has 0 radical (unpaired) electrons. The Balaban J connectivity index is 2.25. The van der Waals surface area contributed by atoms with Crippen LogP contribution in [0.15, 0.2) is 40.9 Å². The molecule has 0 amide bonds. The van der Waals surface area contributed by atoms with Crippen LogP contribution in [0, 0.1) is 0 Å². The Hall–Kier alpha value is -3.48. The van der Waals surface area contributed by atoms with Crippen molar-refractivity contribution in [2.45, 2.75) is 77.6 Å². The lowest BCUT2D eigenvalue weighted by atomic mass is 9.86. The van der Waals surface area contributed by atoms with Crippen LogP contribution in [0.4, 0.5) is 0 Å². The number of carbonyl (C=O) groups is 4. The minimum atomic E-state index is -2.77. The molecule has 1 heterocycles. The Kier molecular flexibility index (Phi) is 9.20. The van der Waals surface area contributed by atoms with Crippen molar-refractivity contribution >= 4 is 39.8 Å². The van der Waals surface area contributed by atoms with E-state index in [0.717, 1.165) is 17.5 Å². The van der Waals surface area contributed by atoms with Gasteiger partial charge in [0.05, 0.1) is 12.7 Å². The number of esters is 4. The van der Waals surface area contributed by atoms with E-state index >= 15 is 0 Å². The molecule has 1 fully saturated rings. The van der Waals surface area contributed by atoms with Crippen molar-refractivity contribution < 1.29 is 58.2 Å². The molecule has 0 spiro atoms. The second-order valence-electron chi connectivity index (χ2n) is 9.35. The molecular formula is C30H35BrO11. The fourth-order valence-corrected chi connectivity index (χ4v) is 5.12. The summed E-state index contributed by atoms with van der Waals surface area (Å²) in [6.45, 7) is -2.22. The zero-order valence-electron chi connectivity index (χ0n) is 27.1. The first kappa shape index (κ1) is 27.4. The third-order valence-electron chi connectivity index (χ3n) is 6.49. The molecule has 3 rings (SSSR count). The van der Waals surface area contributed by atoms with Crippen LogP contribution in [0.5, 0.6) is 5.75 Å². The van der Waals surface area contributed by atoms with Crippen LogP contribution in [0.1, 0.15) is 62.3 Å². The molecule has 228 valence electrons. The van der Waals surface area contributed by atoms with E-state index in [4.69, 9.17) is 33.9 Å². The number of hydrogen-bond donors (Lipinski definition) is 1. The van der Waals surface area contributed by atoms with Gasteiger partial charge < -0.3 is 33.5 Å². The summed E-state index contributed by atoms with van der Waals surface area (Å²) in [4.78, 5) is 49.3. The SMILES string of the molecule is [2H]CC(=O)OC[C@H]1OC(O)(c2cc(Cc3ccc(CC)cc3)c(Br)cc2OC)[C@H](OC(=O)C[2H])[C@@H](OC(=O)C[2H])[C@@H]1OC(=O)C[2H]. The van der Waals surface area contributed by atoms with E-state index in [0.29, 0.717) is 16.5 Å². The monoisotopic (exact) mass is 654 g/mol. The van der Waals surface area contributed by atoms with Crippen LogP contribution < -0.4 is 4.74 Å². The molecule has 11 nitrogen and oxygen atoms in total. The van der Waals surface area contributed by atoms with Crippen LogP contribution in [-0.4, -0.2) is 67.1 Å². The van der Waals surface area contributed by atoms with Gasteiger partial charge in [0.1, 0.15) is 18.5 Å². The topological polar surface area (TPSA) is 144 Å². The van der Waals surface area contributed by atoms with E-state index in [2.05, 4.69) is 15.9 Å². The summed E-state index contributed by atoms with van der Waals surface area (Å²) in [5.41, 5.74) is 2.53. The zero-order chi connectivity index (χ0) is 34.0. The third-order valence-corrected chi connectivity index (χ3v) is 7.23. The predicted molar refractivity (Wildman–Crippen MR) is 151 cm³/mol. The maximum Gasteiger partial charge on any atom is 0.303 e. The highest BCUT2D eigenvalue weighted by Crippen LogP contribution is 2.45. The first-order valence-electron chi connectivity index (χ1n) is 15.5. The average molecular weight is 656 g/mol. The fourth-order valence-electron chi connectivity index (χ4n) is 4.65. The van der Waals surface area contributed by atoms with E-state index in [-0.39, 0.29) is 11.3 Å². The van der Waals surface area contributed by atoms with Gasteiger partial charge >= 0.3 is 23.9 Å². The number of aryl methyl sites for hydroxylation is 1. The van der Waals surface area contributed by atoms with Gasteiger partial charge in [-0.1, -0.05) is 47.1 Å². The van der Waals surface area contributed by atoms with Crippen molar-refractivity contribution in [3.63, 3.8) is 0 Å². The van der Waals surface area contributed by atoms with Crippen molar-refractivity contribution in [1.82, 2.24) is 0 Å². The summed E-state index contributed by atoms with van der Waals surface area (Å²) in [5.74, 6) is -7.25. The summed E-state index contributed by atoms with van der Waals surface area (Å²) < 4.78 is 63.1. The Morgan fingerprint density at radius 3 is 2.12 bits per heavy atom. The van der Waals surface area contributed by atoms with Crippen LogP contribution in [0.3, 0.4) is 0 Å². The lowest BCUT2D eigenvalue weighted by molar-refractivity contribution is -0.360. The molecular weight excluding hydrogens is 616 g/mol. The van der Waals surface area contributed by atoms with Crippen LogP contribution >= 0.6 is 15.9 Å². The molecule has 0 saturated carbocycles. The van der Waals surface area contributed by atoms with Gasteiger partial charge in [-0.25, -0.2) is 0 Å². The van der Waals surface area contributed by atoms with Gasteiger partial charge in [-0.2, -0.15) is 0 Å². The van der Waals surface area contributed by atoms with Gasteiger partial charge in [0, 0.05) is 37.6 Å². The number of ether oxygens (including phenoxy) is 6. The van der Waals surface area contributed by atoms with E-state index in [1.54, 1.807) is 0 Å². The molecule has 42 heavy (non-hydrogen) atoms. The van der Waals surface area contributed by atoms with E-state index in [9.17, 15) is 24.3 Å². The Morgan fingerprint density at radius 1 is 0.929 bits per heavy atom. The first-order chi connectivity index (χ1) is 21.9. The molecule has 1 saturated heterocycles. The molecule has 1 unspecified atom stereocenters. The summed E-state index contributed by atoms with van der Waals surface area (Å²) in [5, 5.41) is 12.4. The lowest BCUT2D eigenvalue weighted by Crippen LogP contribution is -2.66. The average Bonchev–Trinajstić information content (AvgIpc) is 3.06. The van der Waals surface area contributed by atoms with Gasteiger partial charge in [-0.15, -0.1) is 0 Å². The van der Waals surface area contributed by atoms with E-state index < -0.39 is 88.3 Å². The van der Waals surface area contributed by atoms with Gasteiger partial charge in [0.15, 0.2) is 12.2 Å². The van der Waals surface area contributed by atoms with Crippen LogP contribution in [-0.2, 0) is 61.5 Å². The normalized spacial score (nSPS) is 24.7. The molecule has 0 aliphatic carbocycles. The Morgan fingerprint density at radius 2 is 1.52 bits per heavy atom. The fraction of sp³-hybridized carbons (Fsp3) is 0.467. The molecule has 2 aromatic carbocycles. The summed E-state index contributed by atoms with van der Waals surface area (Å²) in [6.07, 6.45) is -6.08. The first-order valence-corrected chi connectivity index (χ1v) is 13.5. The van der Waals surface area contributed by atoms with Crippen molar-refractivity contribution in [1.29, 1.82) is 0 Å². The second-order valence-corrected chi connectivity index (χ2v) is 10.2. The van der Waals surface area contributed by atoms with Crippen LogP contribution in [0.25, 0.3) is 0 Å². The van der Waals surface area contributed by atoms with Gasteiger partial charge in [-0.05, 0) is 41.7 Å². The minimum absolute atomic E-state index is 0.0143. The number of carbonyl (C=O) groups excluding carboxylic acids is 4.